The summed E-state index contributed by atoms with van der Waals surface area (Å²) in [6, 6.07) is 5.25. The lowest BCUT2D eigenvalue weighted by Crippen LogP contribution is -2.39. The standard InChI is InChI=1S/C15H20N2O2/c18-14(19)12-4-3-5-13(16-12)17-10-8-15(9-11-17)6-1-2-7-15/h3-5H,1-2,6-11H2,(H,18,19). The van der Waals surface area contributed by atoms with E-state index in [2.05, 4.69) is 9.88 Å². The Hall–Kier alpha value is -1.58. The van der Waals surface area contributed by atoms with E-state index in [1.54, 1.807) is 12.1 Å². The Morgan fingerprint density at radius 2 is 1.84 bits per heavy atom. The van der Waals surface area contributed by atoms with E-state index < -0.39 is 5.97 Å². The highest BCUT2D eigenvalue weighted by Gasteiger charge is 2.37. The van der Waals surface area contributed by atoms with E-state index in [4.69, 9.17) is 5.11 Å². The van der Waals surface area contributed by atoms with Gasteiger partial charge in [0.1, 0.15) is 5.82 Å². The third-order valence-corrected chi connectivity index (χ3v) is 4.77. The Bertz CT molecular complexity index is 471. The number of hydrogen-bond donors (Lipinski definition) is 1. The van der Waals surface area contributed by atoms with Gasteiger partial charge in [0.15, 0.2) is 5.69 Å². The topological polar surface area (TPSA) is 53.4 Å². The van der Waals surface area contributed by atoms with Crippen molar-refractivity contribution >= 4 is 11.8 Å². The zero-order chi connectivity index (χ0) is 13.3. The predicted octanol–water partition coefficient (Wildman–Crippen LogP) is 2.94. The summed E-state index contributed by atoms with van der Waals surface area (Å²) in [5, 5.41) is 8.99. The Balaban J connectivity index is 1.71. The summed E-state index contributed by atoms with van der Waals surface area (Å²) in [6.45, 7) is 2.02. The van der Waals surface area contributed by atoms with Gasteiger partial charge in [0.05, 0.1) is 0 Å². The maximum absolute atomic E-state index is 11.0. The summed E-state index contributed by atoms with van der Waals surface area (Å²) in [4.78, 5) is 17.4. The second kappa shape index (κ2) is 4.83. The van der Waals surface area contributed by atoms with Gasteiger partial charge in [-0.05, 0) is 43.2 Å². The minimum Gasteiger partial charge on any atom is -0.477 e. The van der Waals surface area contributed by atoms with Crippen molar-refractivity contribution in [2.45, 2.75) is 38.5 Å². The van der Waals surface area contributed by atoms with Crippen molar-refractivity contribution in [1.29, 1.82) is 0 Å². The Labute approximate surface area is 113 Å². The normalized spacial score (nSPS) is 21.8. The van der Waals surface area contributed by atoms with E-state index in [1.165, 1.54) is 38.5 Å². The Morgan fingerprint density at radius 3 is 2.47 bits per heavy atom. The number of aromatic nitrogens is 1. The quantitative estimate of drug-likeness (QED) is 0.888. The Morgan fingerprint density at radius 1 is 1.16 bits per heavy atom. The molecule has 102 valence electrons. The SMILES string of the molecule is O=C(O)c1cccc(N2CCC3(CCCC3)CC2)n1. The zero-order valence-electron chi connectivity index (χ0n) is 11.1. The van der Waals surface area contributed by atoms with Crippen molar-refractivity contribution < 1.29 is 9.90 Å². The van der Waals surface area contributed by atoms with E-state index in [0.29, 0.717) is 5.41 Å². The summed E-state index contributed by atoms with van der Waals surface area (Å²) < 4.78 is 0. The number of anilines is 1. The van der Waals surface area contributed by atoms with E-state index in [1.807, 2.05) is 6.07 Å². The smallest absolute Gasteiger partial charge is 0.354 e. The van der Waals surface area contributed by atoms with Crippen LogP contribution in [0.4, 0.5) is 5.82 Å². The van der Waals surface area contributed by atoms with E-state index in [9.17, 15) is 4.79 Å². The van der Waals surface area contributed by atoms with Crippen molar-refractivity contribution in [2.75, 3.05) is 18.0 Å². The number of hydrogen-bond acceptors (Lipinski definition) is 3. The van der Waals surface area contributed by atoms with Crippen LogP contribution in [0.25, 0.3) is 0 Å². The molecule has 4 nitrogen and oxygen atoms in total. The van der Waals surface area contributed by atoms with Crippen LogP contribution in [0.5, 0.6) is 0 Å². The minimum absolute atomic E-state index is 0.138. The lowest BCUT2D eigenvalue weighted by atomic mass is 9.77. The van der Waals surface area contributed by atoms with Crippen molar-refractivity contribution in [3.8, 4) is 0 Å². The van der Waals surface area contributed by atoms with E-state index in [0.717, 1.165) is 18.9 Å². The number of carboxylic acids is 1. The second-order valence-electron chi connectivity index (χ2n) is 5.88. The van der Waals surface area contributed by atoms with Crippen LogP contribution in [-0.4, -0.2) is 29.1 Å². The lowest BCUT2D eigenvalue weighted by Gasteiger charge is -2.40. The van der Waals surface area contributed by atoms with Crippen molar-refractivity contribution in [2.24, 2.45) is 5.41 Å². The maximum Gasteiger partial charge on any atom is 0.354 e. The van der Waals surface area contributed by atoms with E-state index in [-0.39, 0.29) is 5.69 Å². The van der Waals surface area contributed by atoms with Gasteiger partial charge in [0.25, 0.3) is 0 Å². The molecular formula is C15H20N2O2. The van der Waals surface area contributed by atoms with Gasteiger partial charge in [-0.1, -0.05) is 18.9 Å². The van der Waals surface area contributed by atoms with Gasteiger partial charge in [0.2, 0.25) is 0 Å². The summed E-state index contributed by atoms with van der Waals surface area (Å²) >= 11 is 0. The fraction of sp³-hybridized carbons (Fsp3) is 0.600. The summed E-state index contributed by atoms with van der Waals surface area (Å²) in [5.74, 6) is -0.140. The largest absolute Gasteiger partial charge is 0.477 e. The van der Waals surface area contributed by atoms with Crippen molar-refractivity contribution in [3.05, 3.63) is 23.9 Å². The number of piperidine rings is 1. The molecule has 0 unspecified atom stereocenters. The van der Waals surface area contributed by atoms with Crippen molar-refractivity contribution in [1.82, 2.24) is 4.98 Å². The first-order chi connectivity index (χ1) is 9.19. The first-order valence-corrected chi connectivity index (χ1v) is 7.14. The molecule has 1 aromatic heterocycles. The number of pyridine rings is 1. The van der Waals surface area contributed by atoms with Crippen LogP contribution in [-0.2, 0) is 0 Å². The fourth-order valence-corrected chi connectivity index (χ4v) is 3.55. The van der Waals surface area contributed by atoms with Crippen LogP contribution in [0, 0.1) is 5.41 Å². The van der Waals surface area contributed by atoms with Gasteiger partial charge in [-0.3, -0.25) is 0 Å². The highest BCUT2D eigenvalue weighted by atomic mass is 16.4. The van der Waals surface area contributed by atoms with Gasteiger partial charge in [-0.15, -0.1) is 0 Å². The van der Waals surface area contributed by atoms with Crippen LogP contribution >= 0.6 is 0 Å². The molecule has 1 spiro atoms. The predicted molar refractivity (Wildman–Crippen MR) is 73.5 cm³/mol. The molecule has 1 N–H and O–H groups in total. The molecule has 0 atom stereocenters. The third kappa shape index (κ3) is 2.44. The molecule has 0 radical (unpaired) electrons. The number of nitrogens with zero attached hydrogens (tertiary/aromatic N) is 2. The minimum atomic E-state index is -0.953. The molecule has 2 heterocycles. The van der Waals surface area contributed by atoms with E-state index >= 15 is 0 Å². The van der Waals surface area contributed by atoms with Crippen LogP contribution in [0.1, 0.15) is 49.0 Å². The van der Waals surface area contributed by atoms with Gasteiger partial charge < -0.3 is 10.0 Å². The van der Waals surface area contributed by atoms with Crippen LogP contribution in [0.15, 0.2) is 18.2 Å². The summed E-state index contributed by atoms with van der Waals surface area (Å²) in [5.41, 5.74) is 0.722. The average Bonchev–Trinajstić information content (AvgIpc) is 2.88. The molecule has 0 amide bonds. The fourth-order valence-electron chi connectivity index (χ4n) is 3.55. The first kappa shape index (κ1) is 12.5. The lowest BCUT2D eigenvalue weighted by molar-refractivity contribution is 0.0690. The molecule has 3 rings (SSSR count). The number of aromatic carboxylic acids is 1. The van der Waals surface area contributed by atoms with Crippen LogP contribution in [0.3, 0.4) is 0 Å². The van der Waals surface area contributed by atoms with Gasteiger partial charge >= 0.3 is 5.97 Å². The molecule has 2 aliphatic rings. The number of rotatable bonds is 2. The Kier molecular flexibility index (Phi) is 3.17. The van der Waals surface area contributed by atoms with Crippen LogP contribution in [0.2, 0.25) is 0 Å². The highest BCUT2D eigenvalue weighted by Crippen LogP contribution is 2.46. The van der Waals surface area contributed by atoms with Gasteiger partial charge in [-0.25, -0.2) is 9.78 Å². The maximum atomic E-state index is 11.0. The summed E-state index contributed by atoms with van der Waals surface area (Å²) in [7, 11) is 0. The molecular weight excluding hydrogens is 240 g/mol. The first-order valence-electron chi connectivity index (χ1n) is 7.14. The zero-order valence-corrected chi connectivity index (χ0v) is 11.1. The molecule has 19 heavy (non-hydrogen) atoms. The third-order valence-electron chi connectivity index (χ3n) is 4.77. The summed E-state index contributed by atoms with van der Waals surface area (Å²) in [6.07, 6.45) is 7.98. The van der Waals surface area contributed by atoms with Gasteiger partial charge in [0, 0.05) is 13.1 Å². The molecule has 1 saturated carbocycles. The second-order valence-corrected chi connectivity index (χ2v) is 5.88. The molecule has 0 aromatic carbocycles. The molecule has 1 aromatic rings. The molecule has 1 aliphatic heterocycles. The molecule has 1 aliphatic carbocycles. The molecule has 4 heteroatoms. The van der Waals surface area contributed by atoms with Crippen LogP contribution < -0.4 is 4.90 Å². The highest BCUT2D eigenvalue weighted by molar-refractivity contribution is 5.85. The average molecular weight is 260 g/mol. The number of carboxylic acid groups (broad SMARTS) is 1. The molecule has 1 saturated heterocycles. The molecule has 0 bridgehead atoms. The monoisotopic (exact) mass is 260 g/mol. The van der Waals surface area contributed by atoms with Crippen molar-refractivity contribution in [3.63, 3.8) is 0 Å². The van der Waals surface area contributed by atoms with Gasteiger partial charge in [-0.2, -0.15) is 0 Å². The molecule has 2 fully saturated rings. The number of carbonyl (C=O) groups is 1.